The van der Waals surface area contributed by atoms with E-state index in [0.717, 1.165) is 0 Å². The first-order chi connectivity index (χ1) is 15.6. The zero-order valence-electron chi connectivity index (χ0n) is 19.0. The number of esters is 1. The van der Waals surface area contributed by atoms with E-state index < -0.39 is 40.5 Å². The number of carbonyl (C=O) groups excluding carboxylic acids is 3. The van der Waals surface area contributed by atoms with Gasteiger partial charge in [0.1, 0.15) is 6.04 Å². The van der Waals surface area contributed by atoms with Crippen molar-refractivity contribution in [2.24, 2.45) is 5.92 Å². The molecule has 0 aliphatic carbocycles. The van der Waals surface area contributed by atoms with Crippen molar-refractivity contribution in [1.29, 1.82) is 0 Å². The number of rotatable bonds is 11. The summed E-state index contributed by atoms with van der Waals surface area (Å²) in [7, 11) is -3.69. The summed E-state index contributed by atoms with van der Waals surface area (Å²) in [5.74, 6) is -2.27. The van der Waals surface area contributed by atoms with Crippen LogP contribution in [-0.4, -0.2) is 56.2 Å². The summed E-state index contributed by atoms with van der Waals surface area (Å²) in [5.41, 5.74) is 0.246. The van der Waals surface area contributed by atoms with E-state index in [1.54, 1.807) is 33.8 Å². The quantitative estimate of drug-likeness (QED) is 0.472. The standard InChI is InChI=1S/C22H29N3O7S/c1-5-25(6-2)33(29,30)17-10-7-9-16(13-17)23-19(26)14-32-22(28)20(15(3)4)24-21(27)18-11-8-12-31-18/h7-13,15,20H,5-6,14H2,1-4H3,(H,23,26)(H,24,27)/t20-/m0/s1. The summed E-state index contributed by atoms with van der Waals surface area (Å²) in [6, 6.07) is 7.84. The van der Waals surface area contributed by atoms with E-state index in [2.05, 4.69) is 10.6 Å². The molecule has 2 amide bonds. The second-order valence-electron chi connectivity index (χ2n) is 7.45. The van der Waals surface area contributed by atoms with E-state index in [1.165, 1.54) is 40.9 Å². The van der Waals surface area contributed by atoms with Gasteiger partial charge in [0.15, 0.2) is 12.4 Å². The number of nitrogens with one attached hydrogen (secondary N) is 2. The van der Waals surface area contributed by atoms with Crippen LogP contribution in [-0.2, 0) is 24.3 Å². The molecule has 1 atom stereocenters. The highest BCUT2D eigenvalue weighted by molar-refractivity contribution is 7.89. The first kappa shape index (κ1) is 26.1. The van der Waals surface area contributed by atoms with Crippen LogP contribution < -0.4 is 10.6 Å². The number of ether oxygens (including phenoxy) is 1. The Morgan fingerprint density at radius 1 is 1.09 bits per heavy atom. The Labute approximate surface area is 193 Å². The molecule has 0 radical (unpaired) electrons. The van der Waals surface area contributed by atoms with Gasteiger partial charge in [0.25, 0.3) is 11.8 Å². The molecule has 0 saturated carbocycles. The van der Waals surface area contributed by atoms with Crippen molar-refractivity contribution in [2.75, 3.05) is 25.0 Å². The summed E-state index contributed by atoms with van der Waals surface area (Å²) in [5, 5.41) is 5.04. The lowest BCUT2D eigenvalue weighted by Gasteiger charge is -2.20. The van der Waals surface area contributed by atoms with Crippen molar-refractivity contribution in [3.63, 3.8) is 0 Å². The minimum Gasteiger partial charge on any atom is -0.459 e. The highest BCUT2D eigenvalue weighted by Crippen LogP contribution is 2.19. The number of carbonyl (C=O) groups is 3. The van der Waals surface area contributed by atoms with Gasteiger partial charge >= 0.3 is 5.97 Å². The van der Waals surface area contributed by atoms with Gasteiger partial charge in [0.05, 0.1) is 11.2 Å². The first-order valence-electron chi connectivity index (χ1n) is 10.5. The van der Waals surface area contributed by atoms with Crippen molar-refractivity contribution in [2.45, 2.75) is 38.6 Å². The molecule has 0 bridgehead atoms. The number of anilines is 1. The molecule has 33 heavy (non-hydrogen) atoms. The molecule has 180 valence electrons. The van der Waals surface area contributed by atoms with Crippen LogP contribution in [0.4, 0.5) is 5.69 Å². The minimum atomic E-state index is -3.69. The number of furan rings is 1. The third kappa shape index (κ3) is 6.90. The van der Waals surface area contributed by atoms with E-state index in [9.17, 15) is 22.8 Å². The van der Waals surface area contributed by atoms with Crippen molar-refractivity contribution < 1.29 is 32.0 Å². The van der Waals surface area contributed by atoms with E-state index in [-0.39, 0.29) is 22.3 Å². The number of nitrogens with zero attached hydrogens (tertiary/aromatic N) is 1. The molecular weight excluding hydrogens is 450 g/mol. The lowest BCUT2D eigenvalue weighted by atomic mass is 10.0. The highest BCUT2D eigenvalue weighted by Gasteiger charge is 2.28. The van der Waals surface area contributed by atoms with Crippen LogP contribution in [0, 0.1) is 5.92 Å². The largest absolute Gasteiger partial charge is 0.459 e. The van der Waals surface area contributed by atoms with Crippen LogP contribution in [0.15, 0.2) is 52.0 Å². The Balaban J connectivity index is 1.99. The summed E-state index contributed by atoms with van der Waals surface area (Å²) >= 11 is 0. The zero-order valence-corrected chi connectivity index (χ0v) is 19.8. The van der Waals surface area contributed by atoms with Gasteiger partial charge in [-0.1, -0.05) is 33.8 Å². The first-order valence-corrected chi connectivity index (χ1v) is 11.9. The number of amides is 2. The van der Waals surface area contributed by atoms with Gasteiger partial charge in [0, 0.05) is 18.8 Å². The van der Waals surface area contributed by atoms with Crippen LogP contribution >= 0.6 is 0 Å². The summed E-state index contributed by atoms with van der Waals surface area (Å²) in [6.45, 7) is 6.95. The van der Waals surface area contributed by atoms with E-state index in [1.807, 2.05) is 0 Å². The second-order valence-corrected chi connectivity index (χ2v) is 9.38. The molecule has 0 spiro atoms. The third-order valence-corrected chi connectivity index (χ3v) is 6.80. The molecule has 2 rings (SSSR count). The molecular formula is C22H29N3O7S. The average molecular weight is 480 g/mol. The predicted molar refractivity (Wildman–Crippen MR) is 121 cm³/mol. The zero-order chi connectivity index (χ0) is 24.6. The smallest absolute Gasteiger partial charge is 0.329 e. The molecule has 11 heteroatoms. The van der Waals surface area contributed by atoms with Gasteiger partial charge in [-0.25, -0.2) is 13.2 Å². The molecule has 1 aromatic carbocycles. The molecule has 1 aromatic heterocycles. The fourth-order valence-electron chi connectivity index (χ4n) is 2.99. The molecule has 0 unspecified atom stereocenters. The van der Waals surface area contributed by atoms with Crippen LogP contribution in [0.2, 0.25) is 0 Å². The summed E-state index contributed by atoms with van der Waals surface area (Å²) in [6.07, 6.45) is 1.34. The fourth-order valence-corrected chi connectivity index (χ4v) is 4.49. The molecule has 0 saturated heterocycles. The third-order valence-electron chi connectivity index (χ3n) is 4.76. The Hall–Kier alpha value is -3.18. The number of benzene rings is 1. The highest BCUT2D eigenvalue weighted by atomic mass is 32.2. The lowest BCUT2D eigenvalue weighted by molar-refractivity contribution is -0.150. The Bertz CT molecular complexity index is 1060. The SMILES string of the molecule is CCN(CC)S(=O)(=O)c1cccc(NC(=O)COC(=O)[C@@H](NC(=O)c2ccco2)C(C)C)c1. The fraction of sp³-hybridized carbons (Fsp3) is 0.409. The minimum absolute atomic E-state index is 0.0431. The van der Waals surface area contributed by atoms with Gasteiger partial charge < -0.3 is 19.8 Å². The van der Waals surface area contributed by atoms with Gasteiger partial charge in [-0.15, -0.1) is 0 Å². The average Bonchev–Trinajstić information content (AvgIpc) is 3.31. The maximum atomic E-state index is 12.7. The van der Waals surface area contributed by atoms with Gasteiger partial charge in [-0.05, 0) is 36.2 Å². The van der Waals surface area contributed by atoms with Crippen LogP contribution in [0.3, 0.4) is 0 Å². The maximum absolute atomic E-state index is 12.7. The van der Waals surface area contributed by atoms with E-state index >= 15 is 0 Å². The van der Waals surface area contributed by atoms with Crippen molar-refractivity contribution >= 4 is 33.5 Å². The molecule has 0 fully saturated rings. The van der Waals surface area contributed by atoms with Gasteiger partial charge in [-0.3, -0.25) is 9.59 Å². The van der Waals surface area contributed by atoms with Crippen molar-refractivity contribution in [3.8, 4) is 0 Å². The van der Waals surface area contributed by atoms with Crippen LogP contribution in [0.25, 0.3) is 0 Å². The number of hydrogen-bond donors (Lipinski definition) is 2. The predicted octanol–water partition coefficient (Wildman–Crippen LogP) is 2.25. The van der Waals surface area contributed by atoms with Gasteiger partial charge in [-0.2, -0.15) is 4.31 Å². The monoisotopic (exact) mass is 479 g/mol. The maximum Gasteiger partial charge on any atom is 0.329 e. The number of hydrogen-bond acceptors (Lipinski definition) is 7. The Morgan fingerprint density at radius 3 is 2.36 bits per heavy atom. The van der Waals surface area contributed by atoms with Crippen molar-refractivity contribution in [3.05, 3.63) is 48.4 Å². The van der Waals surface area contributed by atoms with Crippen LogP contribution in [0.5, 0.6) is 0 Å². The molecule has 0 aliphatic rings. The van der Waals surface area contributed by atoms with Gasteiger partial charge in [0.2, 0.25) is 10.0 Å². The molecule has 1 heterocycles. The Morgan fingerprint density at radius 2 is 1.79 bits per heavy atom. The summed E-state index contributed by atoms with van der Waals surface area (Å²) in [4.78, 5) is 36.9. The van der Waals surface area contributed by atoms with Crippen LogP contribution in [0.1, 0.15) is 38.2 Å². The lowest BCUT2D eigenvalue weighted by Crippen LogP contribution is -2.45. The topological polar surface area (TPSA) is 135 Å². The Kier molecular flexibility index (Phi) is 9.18. The molecule has 10 nitrogen and oxygen atoms in total. The normalized spacial score (nSPS) is 12.4. The molecule has 0 aliphatic heterocycles. The van der Waals surface area contributed by atoms with E-state index in [4.69, 9.17) is 9.15 Å². The van der Waals surface area contributed by atoms with Crippen molar-refractivity contribution in [1.82, 2.24) is 9.62 Å². The summed E-state index contributed by atoms with van der Waals surface area (Å²) < 4.78 is 36.7. The van der Waals surface area contributed by atoms with E-state index in [0.29, 0.717) is 13.1 Å². The number of sulfonamides is 1. The molecule has 2 N–H and O–H groups in total. The molecule has 2 aromatic rings. The second kappa shape index (κ2) is 11.6.